The second-order valence-electron chi connectivity index (χ2n) is 4.82. The molecule has 3 aromatic rings. The molecule has 3 heterocycles. The van der Waals surface area contributed by atoms with E-state index in [4.69, 9.17) is 4.98 Å². The number of rotatable bonds is 2. The smallest absolute Gasteiger partial charge is 0.124 e. The summed E-state index contributed by atoms with van der Waals surface area (Å²) in [5.41, 5.74) is 6.03. The molecular formula is C16H15Cl2N3S. The molecule has 0 saturated carbocycles. The van der Waals surface area contributed by atoms with Crippen LogP contribution in [0.3, 0.4) is 0 Å². The van der Waals surface area contributed by atoms with Crippen LogP contribution < -0.4 is 5.32 Å². The summed E-state index contributed by atoms with van der Waals surface area (Å²) < 4.78 is 0. The maximum Gasteiger partial charge on any atom is 0.124 e. The zero-order valence-electron chi connectivity index (χ0n) is 11.7. The van der Waals surface area contributed by atoms with Gasteiger partial charge in [-0.05, 0) is 36.2 Å². The summed E-state index contributed by atoms with van der Waals surface area (Å²) in [5.74, 6) is 0. The number of pyridine rings is 1. The van der Waals surface area contributed by atoms with Gasteiger partial charge in [0.1, 0.15) is 5.01 Å². The quantitative estimate of drug-likeness (QED) is 0.727. The van der Waals surface area contributed by atoms with Gasteiger partial charge in [0, 0.05) is 41.1 Å². The number of thiazole rings is 1. The van der Waals surface area contributed by atoms with Crippen molar-refractivity contribution in [2.45, 2.75) is 6.42 Å². The Morgan fingerprint density at radius 3 is 2.64 bits per heavy atom. The van der Waals surface area contributed by atoms with Gasteiger partial charge in [0.25, 0.3) is 0 Å². The molecule has 1 aliphatic heterocycles. The summed E-state index contributed by atoms with van der Waals surface area (Å²) in [7, 11) is 0. The van der Waals surface area contributed by atoms with Gasteiger partial charge in [0.05, 0.1) is 5.69 Å². The lowest BCUT2D eigenvalue weighted by Crippen LogP contribution is -1.90. The van der Waals surface area contributed by atoms with Crippen molar-refractivity contribution in [2.24, 2.45) is 0 Å². The van der Waals surface area contributed by atoms with Crippen molar-refractivity contribution >= 4 is 41.8 Å². The van der Waals surface area contributed by atoms with Crippen LogP contribution in [0.25, 0.3) is 21.8 Å². The maximum atomic E-state index is 4.75. The Hall–Kier alpha value is -1.62. The van der Waals surface area contributed by atoms with Crippen molar-refractivity contribution in [3.8, 4) is 21.8 Å². The van der Waals surface area contributed by atoms with E-state index in [1.54, 1.807) is 23.7 Å². The molecule has 0 bridgehead atoms. The summed E-state index contributed by atoms with van der Waals surface area (Å²) in [4.78, 5) is 8.79. The monoisotopic (exact) mass is 351 g/mol. The Morgan fingerprint density at radius 2 is 1.82 bits per heavy atom. The zero-order chi connectivity index (χ0) is 13.4. The molecule has 6 heteroatoms. The number of anilines is 1. The molecule has 0 radical (unpaired) electrons. The van der Waals surface area contributed by atoms with E-state index in [9.17, 15) is 0 Å². The van der Waals surface area contributed by atoms with E-state index in [1.807, 2.05) is 12.1 Å². The first-order chi connectivity index (χ1) is 9.90. The molecule has 22 heavy (non-hydrogen) atoms. The molecule has 0 atom stereocenters. The second-order valence-corrected chi connectivity index (χ2v) is 5.68. The SMILES string of the molecule is Cl.Cl.c1cc(-c2nc(-c3ccc4c(c3)CCN4)cs2)ccn1. The van der Waals surface area contributed by atoms with Crippen LogP contribution in [0.2, 0.25) is 0 Å². The first kappa shape index (κ1) is 16.7. The number of hydrogen-bond donors (Lipinski definition) is 1. The normalized spacial score (nSPS) is 11.8. The molecule has 3 nitrogen and oxygen atoms in total. The highest BCUT2D eigenvalue weighted by Gasteiger charge is 2.12. The van der Waals surface area contributed by atoms with Crippen LogP contribution in [0.4, 0.5) is 5.69 Å². The number of halogens is 2. The molecule has 0 unspecified atom stereocenters. The summed E-state index contributed by atoms with van der Waals surface area (Å²) in [6, 6.07) is 10.5. The predicted octanol–water partition coefficient (Wildman–Crippen LogP) is 4.68. The fraction of sp³-hybridized carbons (Fsp3) is 0.125. The lowest BCUT2D eigenvalue weighted by Gasteiger charge is -2.02. The summed E-state index contributed by atoms with van der Waals surface area (Å²) in [6.07, 6.45) is 4.71. The fourth-order valence-corrected chi connectivity index (χ4v) is 3.33. The van der Waals surface area contributed by atoms with E-state index in [1.165, 1.54) is 16.8 Å². The third kappa shape index (κ3) is 3.09. The van der Waals surface area contributed by atoms with Gasteiger partial charge in [0.2, 0.25) is 0 Å². The molecule has 114 valence electrons. The Balaban J connectivity index is 0.000000882. The summed E-state index contributed by atoms with van der Waals surface area (Å²) in [5, 5.41) is 6.55. The van der Waals surface area contributed by atoms with Crippen LogP contribution >= 0.6 is 36.2 Å². The summed E-state index contributed by atoms with van der Waals surface area (Å²) in [6.45, 7) is 1.04. The lowest BCUT2D eigenvalue weighted by molar-refractivity contribution is 1.11. The Labute approximate surface area is 145 Å². The molecular weight excluding hydrogens is 337 g/mol. The van der Waals surface area contributed by atoms with Crippen molar-refractivity contribution in [1.29, 1.82) is 0 Å². The minimum atomic E-state index is 0. The lowest BCUT2D eigenvalue weighted by atomic mass is 10.1. The second kappa shape index (κ2) is 7.09. The molecule has 1 N–H and O–H groups in total. The molecule has 1 aromatic carbocycles. The minimum absolute atomic E-state index is 0. The highest BCUT2D eigenvalue weighted by Crippen LogP contribution is 2.31. The standard InChI is InChI=1S/C16H13N3S.2ClH/c1-2-14-13(5-8-18-14)9-12(1)15-10-20-16(19-15)11-3-6-17-7-4-11;;/h1-4,6-7,9-10,18H,5,8H2;2*1H. The van der Waals surface area contributed by atoms with Crippen LogP contribution in [0.5, 0.6) is 0 Å². The van der Waals surface area contributed by atoms with Crippen LogP contribution in [0.1, 0.15) is 5.56 Å². The number of hydrogen-bond acceptors (Lipinski definition) is 4. The van der Waals surface area contributed by atoms with E-state index < -0.39 is 0 Å². The van der Waals surface area contributed by atoms with Crippen molar-refractivity contribution in [1.82, 2.24) is 9.97 Å². The van der Waals surface area contributed by atoms with Crippen LogP contribution in [0, 0.1) is 0 Å². The molecule has 0 saturated heterocycles. The Bertz CT molecular complexity index is 759. The highest BCUT2D eigenvalue weighted by molar-refractivity contribution is 7.13. The number of nitrogens with one attached hydrogen (secondary N) is 1. The molecule has 0 fully saturated rings. The maximum absolute atomic E-state index is 4.75. The largest absolute Gasteiger partial charge is 0.384 e. The van der Waals surface area contributed by atoms with E-state index in [2.05, 4.69) is 33.9 Å². The van der Waals surface area contributed by atoms with Crippen molar-refractivity contribution in [3.63, 3.8) is 0 Å². The highest BCUT2D eigenvalue weighted by atomic mass is 35.5. The average molecular weight is 352 g/mol. The third-order valence-electron chi connectivity index (χ3n) is 3.54. The molecule has 0 amide bonds. The van der Waals surface area contributed by atoms with Crippen molar-refractivity contribution in [3.05, 3.63) is 53.7 Å². The average Bonchev–Trinajstić information content (AvgIpc) is 3.16. The van der Waals surface area contributed by atoms with Gasteiger partial charge in [-0.3, -0.25) is 4.98 Å². The number of aromatic nitrogens is 2. The van der Waals surface area contributed by atoms with Gasteiger partial charge in [-0.15, -0.1) is 36.2 Å². The number of nitrogens with zero attached hydrogens (tertiary/aromatic N) is 2. The fourth-order valence-electron chi connectivity index (χ4n) is 2.50. The van der Waals surface area contributed by atoms with Crippen LogP contribution in [0.15, 0.2) is 48.1 Å². The van der Waals surface area contributed by atoms with Crippen molar-refractivity contribution < 1.29 is 0 Å². The zero-order valence-corrected chi connectivity index (χ0v) is 14.1. The molecule has 4 rings (SSSR count). The minimum Gasteiger partial charge on any atom is -0.384 e. The van der Waals surface area contributed by atoms with Crippen LogP contribution in [-0.2, 0) is 6.42 Å². The van der Waals surface area contributed by atoms with E-state index in [-0.39, 0.29) is 24.8 Å². The topological polar surface area (TPSA) is 37.8 Å². The van der Waals surface area contributed by atoms with Gasteiger partial charge in [-0.25, -0.2) is 4.98 Å². The van der Waals surface area contributed by atoms with Crippen LogP contribution in [-0.4, -0.2) is 16.5 Å². The van der Waals surface area contributed by atoms with E-state index in [0.29, 0.717) is 0 Å². The molecule has 1 aliphatic rings. The van der Waals surface area contributed by atoms with Gasteiger partial charge in [-0.1, -0.05) is 6.07 Å². The van der Waals surface area contributed by atoms with E-state index >= 15 is 0 Å². The van der Waals surface area contributed by atoms with Gasteiger partial charge < -0.3 is 5.32 Å². The molecule has 2 aromatic heterocycles. The Kier molecular flexibility index (Phi) is 5.40. The first-order valence-corrected chi connectivity index (χ1v) is 7.51. The number of fused-ring (bicyclic) bond motifs is 1. The predicted molar refractivity (Wildman–Crippen MR) is 97.5 cm³/mol. The van der Waals surface area contributed by atoms with Gasteiger partial charge in [-0.2, -0.15) is 0 Å². The summed E-state index contributed by atoms with van der Waals surface area (Å²) >= 11 is 1.68. The third-order valence-corrected chi connectivity index (χ3v) is 4.43. The van der Waals surface area contributed by atoms with Gasteiger partial charge in [0.15, 0.2) is 0 Å². The van der Waals surface area contributed by atoms with Gasteiger partial charge >= 0.3 is 0 Å². The number of benzene rings is 1. The van der Waals surface area contributed by atoms with E-state index in [0.717, 1.165) is 29.2 Å². The Morgan fingerprint density at radius 1 is 1.00 bits per heavy atom. The van der Waals surface area contributed by atoms with Crippen molar-refractivity contribution in [2.75, 3.05) is 11.9 Å². The molecule has 0 aliphatic carbocycles. The molecule has 0 spiro atoms. The first-order valence-electron chi connectivity index (χ1n) is 6.63.